The smallest absolute Gasteiger partial charge is 0.522 e. The summed E-state index contributed by atoms with van der Waals surface area (Å²) in [4.78, 5) is 10.6. The minimum Gasteiger partial charge on any atom is -1.00 e. The number of rotatable bonds is 2. The molecule has 0 aliphatic carbocycles. The van der Waals surface area contributed by atoms with Crippen molar-refractivity contribution in [1.82, 2.24) is 0 Å². The molecule has 1 fully saturated rings. The quantitative estimate of drug-likeness (QED) is 0.508. The van der Waals surface area contributed by atoms with E-state index in [4.69, 9.17) is 5.73 Å². The second-order valence-electron chi connectivity index (χ2n) is 2.90. The zero-order chi connectivity index (χ0) is 10.1. The predicted molar refractivity (Wildman–Crippen MR) is 35.3 cm³/mol. The SMILES string of the molecule is NC(=O)[C@@H]1C[C@H](OC(F)(F)F)C[NH2+]1.[Cl-]. The van der Waals surface area contributed by atoms with Crippen molar-refractivity contribution in [3.63, 3.8) is 0 Å². The first kappa shape index (κ1) is 13.5. The number of hydrogen-bond donors (Lipinski definition) is 2. The molecule has 1 aliphatic rings. The van der Waals surface area contributed by atoms with Crippen LogP contribution in [0.5, 0.6) is 0 Å². The number of halogens is 4. The normalized spacial score (nSPS) is 27.1. The molecule has 0 unspecified atom stereocenters. The Morgan fingerprint density at radius 3 is 2.43 bits per heavy atom. The molecule has 0 aromatic rings. The highest BCUT2D eigenvalue weighted by molar-refractivity contribution is 5.78. The molecule has 1 amide bonds. The summed E-state index contributed by atoms with van der Waals surface area (Å²) < 4.78 is 38.8. The lowest BCUT2D eigenvalue weighted by atomic mass is 10.2. The summed E-state index contributed by atoms with van der Waals surface area (Å²) in [6.07, 6.45) is -5.57. The minimum absolute atomic E-state index is 0. The van der Waals surface area contributed by atoms with E-state index in [0.29, 0.717) is 0 Å². The van der Waals surface area contributed by atoms with Crippen LogP contribution in [0.1, 0.15) is 6.42 Å². The lowest BCUT2D eigenvalue weighted by Crippen LogP contribution is -3.00. The van der Waals surface area contributed by atoms with Gasteiger partial charge < -0.3 is 23.5 Å². The first-order chi connectivity index (χ1) is 5.88. The summed E-state index contributed by atoms with van der Waals surface area (Å²) >= 11 is 0. The van der Waals surface area contributed by atoms with Gasteiger partial charge in [-0.15, -0.1) is 13.2 Å². The Kier molecular flexibility index (Phi) is 4.63. The van der Waals surface area contributed by atoms with Gasteiger partial charge in [0.25, 0.3) is 5.91 Å². The summed E-state index contributed by atoms with van der Waals surface area (Å²) in [5.41, 5.74) is 4.92. The molecule has 4 N–H and O–H groups in total. The van der Waals surface area contributed by atoms with E-state index < -0.39 is 24.4 Å². The Balaban J connectivity index is 0.00000169. The predicted octanol–water partition coefficient (Wildman–Crippen LogP) is -4.28. The maximum absolute atomic E-state index is 11.7. The Bertz CT molecular complexity index is 212. The van der Waals surface area contributed by atoms with Gasteiger partial charge in [-0.2, -0.15) is 0 Å². The van der Waals surface area contributed by atoms with Crippen LogP contribution in [0.2, 0.25) is 0 Å². The van der Waals surface area contributed by atoms with Gasteiger partial charge in [0.05, 0.1) is 0 Å². The summed E-state index contributed by atoms with van der Waals surface area (Å²) in [5.74, 6) is -0.603. The van der Waals surface area contributed by atoms with E-state index in [2.05, 4.69) is 4.74 Å². The number of ether oxygens (including phenoxy) is 1. The third-order valence-electron chi connectivity index (χ3n) is 1.87. The molecular formula is C6H10ClF3N2O2. The third kappa shape index (κ3) is 4.12. The fraction of sp³-hybridized carbons (Fsp3) is 0.833. The zero-order valence-electron chi connectivity index (χ0n) is 7.05. The van der Waals surface area contributed by atoms with E-state index in [1.165, 1.54) is 5.32 Å². The number of nitrogens with two attached hydrogens (primary N) is 2. The molecule has 0 aromatic heterocycles. The highest BCUT2D eigenvalue weighted by Crippen LogP contribution is 2.21. The summed E-state index contributed by atoms with van der Waals surface area (Å²) in [5, 5.41) is 1.46. The van der Waals surface area contributed by atoms with Crippen molar-refractivity contribution in [2.75, 3.05) is 6.54 Å². The number of carbonyl (C=O) groups is 1. The van der Waals surface area contributed by atoms with Crippen molar-refractivity contribution < 1.29 is 40.4 Å². The van der Waals surface area contributed by atoms with Crippen molar-refractivity contribution >= 4 is 5.91 Å². The van der Waals surface area contributed by atoms with Crippen LogP contribution in [-0.4, -0.2) is 31.0 Å². The standard InChI is InChI=1S/C6H9F3N2O2.ClH/c7-6(8,9)13-3-1-4(5(10)12)11-2-3;/h3-4,11H,1-2H2,(H2,10,12);1H/t3-,4-;/m0./s1. The summed E-state index contributed by atoms with van der Waals surface area (Å²) in [6, 6.07) is -0.590. The average Bonchev–Trinajstić information content (AvgIpc) is 2.31. The van der Waals surface area contributed by atoms with E-state index in [0.717, 1.165) is 0 Å². The number of primary amides is 1. The first-order valence-electron chi connectivity index (χ1n) is 3.75. The number of alkyl halides is 3. The molecule has 84 valence electrons. The monoisotopic (exact) mass is 234 g/mol. The Labute approximate surface area is 84.4 Å². The van der Waals surface area contributed by atoms with E-state index in [-0.39, 0.29) is 25.4 Å². The van der Waals surface area contributed by atoms with Gasteiger partial charge >= 0.3 is 6.36 Å². The second-order valence-corrected chi connectivity index (χ2v) is 2.90. The van der Waals surface area contributed by atoms with Gasteiger partial charge in [0.2, 0.25) is 0 Å². The Morgan fingerprint density at radius 1 is 1.50 bits per heavy atom. The maximum atomic E-state index is 11.7. The number of carbonyl (C=O) groups excluding carboxylic acids is 1. The maximum Gasteiger partial charge on any atom is 0.522 e. The molecule has 2 atom stereocenters. The average molecular weight is 235 g/mol. The molecule has 1 heterocycles. The van der Waals surface area contributed by atoms with Crippen molar-refractivity contribution in [2.45, 2.75) is 24.9 Å². The van der Waals surface area contributed by atoms with Crippen LogP contribution in [0.4, 0.5) is 13.2 Å². The fourth-order valence-electron chi connectivity index (χ4n) is 1.31. The van der Waals surface area contributed by atoms with Gasteiger partial charge in [-0.25, -0.2) is 0 Å². The van der Waals surface area contributed by atoms with Crippen LogP contribution in [-0.2, 0) is 9.53 Å². The first-order valence-corrected chi connectivity index (χ1v) is 3.75. The molecule has 0 spiro atoms. The lowest BCUT2D eigenvalue weighted by molar-refractivity contribution is -0.660. The molecule has 0 saturated carbocycles. The molecule has 1 saturated heterocycles. The molecule has 0 bridgehead atoms. The largest absolute Gasteiger partial charge is 1.00 e. The van der Waals surface area contributed by atoms with Gasteiger partial charge in [-0.3, -0.25) is 9.53 Å². The highest BCUT2D eigenvalue weighted by atomic mass is 35.5. The highest BCUT2D eigenvalue weighted by Gasteiger charge is 2.40. The molecule has 8 heteroatoms. The van der Waals surface area contributed by atoms with Crippen molar-refractivity contribution in [2.24, 2.45) is 5.73 Å². The van der Waals surface area contributed by atoms with Crippen molar-refractivity contribution in [3.05, 3.63) is 0 Å². The van der Waals surface area contributed by atoms with E-state index in [9.17, 15) is 18.0 Å². The van der Waals surface area contributed by atoms with Crippen molar-refractivity contribution in [1.29, 1.82) is 0 Å². The molecule has 0 aromatic carbocycles. The van der Waals surface area contributed by atoms with Crippen LogP contribution in [0, 0.1) is 0 Å². The van der Waals surface area contributed by atoms with Gasteiger partial charge in [0.15, 0.2) is 6.04 Å². The summed E-state index contributed by atoms with van der Waals surface area (Å²) in [6.45, 7) is 0.118. The van der Waals surface area contributed by atoms with E-state index in [1.54, 1.807) is 0 Å². The van der Waals surface area contributed by atoms with Gasteiger partial charge in [0, 0.05) is 6.42 Å². The minimum atomic E-state index is -4.63. The lowest BCUT2D eigenvalue weighted by Gasteiger charge is -2.10. The van der Waals surface area contributed by atoms with E-state index >= 15 is 0 Å². The molecule has 1 rings (SSSR count). The van der Waals surface area contributed by atoms with Crippen LogP contribution in [0.15, 0.2) is 0 Å². The Hall–Kier alpha value is -0.530. The van der Waals surface area contributed by atoms with Gasteiger partial charge in [-0.05, 0) is 0 Å². The zero-order valence-corrected chi connectivity index (χ0v) is 7.81. The van der Waals surface area contributed by atoms with Crippen LogP contribution >= 0.6 is 0 Å². The number of quaternary nitrogens is 1. The van der Waals surface area contributed by atoms with Gasteiger partial charge in [-0.1, -0.05) is 0 Å². The topological polar surface area (TPSA) is 68.9 Å². The van der Waals surface area contributed by atoms with Crippen LogP contribution in [0.25, 0.3) is 0 Å². The molecular weight excluding hydrogens is 225 g/mol. The van der Waals surface area contributed by atoms with Gasteiger partial charge in [0.1, 0.15) is 12.6 Å². The van der Waals surface area contributed by atoms with Crippen molar-refractivity contribution in [3.8, 4) is 0 Å². The van der Waals surface area contributed by atoms with Crippen LogP contribution < -0.4 is 23.5 Å². The number of hydrogen-bond acceptors (Lipinski definition) is 2. The molecule has 14 heavy (non-hydrogen) atoms. The van der Waals surface area contributed by atoms with Crippen LogP contribution in [0.3, 0.4) is 0 Å². The molecule has 0 radical (unpaired) electrons. The number of amides is 1. The third-order valence-corrected chi connectivity index (χ3v) is 1.87. The van der Waals surface area contributed by atoms with E-state index in [1.807, 2.05) is 0 Å². The molecule has 4 nitrogen and oxygen atoms in total. The second kappa shape index (κ2) is 4.81. The Morgan fingerprint density at radius 2 is 2.07 bits per heavy atom. The fourth-order valence-corrected chi connectivity index (χ4v) is 1.31. The summed E-state index contributed by atoms with van der Waals surface area (Å²) in [7, 11) is 0. The molecule has 1 aliphatic heterocycles.